The molecule has 2 aromatic carbocycles. The lowest BCUT2D eigenvalue weighted by atomic mass is 10.0. The summed E-state index contributed by atoms with van der Waals surface area (Å²) in [5.41, 5.74) is 5.00. The minimum Gasteiger partial charge on any atom is -0.326 e. The number of amides is 1. The number of aryl methyl sites for hydroxylation is 1. The zero-order valence-electron chi connectivity index (χ0n) is 15.2. The fourth-order valence-corrected chi connectivity index (χ4v) is 3.91. The second kappa shape index (κ2) is 7.80. The molecule has 4 rings (SSSR count). The number of aromatic nitrogens is 2. The molecule has 0 spiro atoms. The van der Waals surface area contributed by atoms with E-state index in [1.165, 1.54) is 32.1 Å². The molecule has 6 nitrogen and oxygen atoms in total. The molecule has 0 bridgehead atoms. The number of anilines is 2. The number of hydrogen-bond acceptors (Lipinski definition) is 4. The molecular weight excluding hydrogens is 340 g/mol. The highest BCUT2D eigenvalue weighted by Crippen LogP contribution is 2.30. The summed E-state index contributed by atoms with van der Waals surface area (Å²) in [6, 6.07) is 15.1. The van der Waals surface area contributed by atoms with Crippen LogP contribution in [0.4, 0.5) is 11.6 Å². The standard InChI is InChI=1S/C21H24N4O2/c26-20(24-27)16-9-11-17(12-10-16)22-21-23-18-7-3-4-8-19(18)25(21)14-13-15-5-1-2-6-15/h3-4,7-12,15,27H,1-2,5-6,13-14H2,(H,22,23)(H,24,26). The number of carbonyl (C=O) groups excluding carboxylic acids is 1. The summed E-state index contributed by atoms with van der Waals surface area (Å²) < 4.78 is 2.25. The topological polar surface area (TPSA) is 79.2 Å². The molecule has 0 atom stereocenters. The van der Waals surface area contributed by atoms with Crippen molar-refractivity contribution in [3.63, 3.8) is 0 Å². The molecule has 0 unspecified atom stereocenters. The highest BCUT2D eigenvalue weighted by atomic mass is 16.5. The van der Waals surface area contributed by atoms with Gasteiger partial charge in [0.1, 0.15) is 0 Å². The first-order valence-corrected chi connectivity index (χ1v) is 9.51. The number of fused-ring (bicyclic) bond motifs is 1. The number of benzene rings is 2. The lowest BCUT2D eigenvalue weighted by Crippen LogP contribution is -2.18. The largest absolute Gasteiger partial charge is 0.326 e. The second-order valence-corrected chi connectivity index (χ2v) is 7.16. The molecule has 1 heterocycles. The van der Waals surface area contributed by atoms with Gasteiger partial charge in [-0.05, 0) is 48.7 Å². The van der Waals surface area contributed by atoms with Gasteiger partial charge in [0.25, 0.3) is 5.91 Å². The minimum atomic E-state index is -0.523. The van der Waals surface area contributed by atoms with Crippen molar-refractivity contribution < 1.29 is 10.0 Å². The maximum Gasteiger partial charge on any atom is 0.274 e. The summed E-state index contributed by atoms with van der Waals surface area (Å²) in [4.78, 5) is 16.2. The van der Waals surface area contributed by atoms with Crippen LogP contribution in [0.2, 0.25) is 0 Å². The van der Waals surface area contributed by atoms with Gasteiger partial charge in [0, 0.05) is 17.8 Å². The van der Waals surface area contributed by atoms with E-state index < -0.39 is 5.91 Å². The van der Waals surface area contributed by atoms with Crippen LogP contribution in [0.3, 0.4) is 0 Å². The van der Waals surface area contributed by atoms with E-state index in [1.807, 2.05) is 30.3 Å². The van der Waals surface area contributed by atoms with E-state index in [0.29, 0.717) is 5.56 Å². The summed E-state index contributed by atoms with van der Waals surface area (Å²) >= 11 is 0. The average Bonchev–Trinajstić information content (AvgIpc) is 3.34. The molecule has 3 aromatic rings. The fraction of sp³-hybridized carbons (Fsp3) is 0.333. The molecule has 1 saturated carbocycles. The Kier molecular flexibility index (Phi) is 5.07. The molecule has 1 aliphatic carbocycles. The van der Waals surface area contributed by atoms with Crippen LogP contribution in [-0.4, -0.2) is 20.7 Å². The molecule has 1 aromatic heterocycles. The Hall–Kier alpha value is -2.86. The van der Waals surface area contributed by atoms with Crippen LogP contribution in [0.5, 0.6) is 0 Å². The number of nitrogens with one attached hydrogen (secondary N) is 2. The van der Waals surface area contributed by atoms with Gasteiger partial charge in [-0.15, -0.1) is 0 Å². The average molecular weight is 364 g/mol. The van der Waals surface area contributed by atoms with Crippen molar-refractivity contribution in [2.75, 3.05) is 5.32 Å². The molecular formula is C21H24N4O2. The summed E-state index contributed by atoms with van der Waals surface area (Å²) in [7, 11) is 0. The van der Waals surface area contributed by atoms with Gasteiger partial charge >= 0.3 is 0 Å². The Balaban J connectivity index is 1.58. The van der Waals surface area contributed by atoms with E-state index in [-0.39, 0.29) is 0 Å². The number of nitrogens with zero attached hydrogens (tertiary/aromatic N) is 2. The first kappa shape index (κ1) is 17.5. The highest BCUT2D eigenvalue weighted by Gasteiger charge is 2.17. The van der Waals surface area contributed by atoms with Gasteiger partial charge in [0.05, 0.1) is 11.0 Å². The number of para-hydroxylation sites is 2. The van der Waals surface area contributed by atoms with Gasteiger partial charge in [-0.3, -0.25) is 10.0 Å². The van der Waals surface area contributed by atoms with E-state index in [9.17, 15) is 4.79 Å². The van der Waals surface area contributed by atoms with Crippen LogP contribution in [-0.2, 0) is 6.54 Å². The van der Waals surface area contributed by atoms with Gasteiger partial charge < -0.3 is 9.88 Å². The lowest BCUT2D eigenvalue weighted by molar-refractivity contribution is 0.0706. The number of rotatable bonds is 6. The van der Waals surface area contributed by atoms with Gasteiger partial charge in [0.15, 0.2) is 0 Å². The van der Waals surface area contributed by atoms with E-state index in [0.717, 1.165) is 35.1 Å². The first-order valence-electron chi connectivity index (χ1n) is 9.51. The van der Waals surface area contributed by atoms with E-state index in [2.05, 4.69) is 16.0 Å². The zero-order chi connectivity index (χ0) is 18.6. The Bertz CT molecular complexity index is 927. The lowest BCUT2D eigenvalue weighted by Gasteiger charge is -2.14. The monoisotopic (exact) mass is 364 g/mol. The predicted molar refractivity (Wildman–Crippen MR) is 105 cm³/mol. The third-order valence-corrected chi connectivity index (χ3v) is 5.40. The third kappa shape index (κ3) is 3.80. The van der Waals surface area contributed by atoms with Crippen molar-refractivity contribution in [3.05, 3.63) is 54.1 Å². The third-order valence-electron chi connectivity index (χ3n) is 5.40. The Morgan fingerprint density at radius 1 is 1.11 bits per heavy atom. The summed E-state index contributed by atoms with van der Waals surface area (Å²) in [6.07, 6.45) is 6.56. The second-order valence-electron chi connectivity index (χ2n) is 7.16. The Morgan fingerprint density at radius 2 is 1.85 bits per heavy atom. The van der Waals surface area contributed by atoms with Gasteiger partial charge in [-0.1, -0.05) is 37.8 Å². The first-order chi connectivity index (χ1) is 13.2. The molecule has 0 aliphatic heterocycles. The van der Waals surface area contributed by atoms with Crippen LogP contribution in [0, 0.1) is 5.92 Å². The molecule has 6 heteroatoms. The predicted octanol–water partition coefficient (Wildman–Crippen LogP) is 4.48. The Morgan fingerprint density at radius 3 is 2.59 bits per heavy atom. The number of hydroxylamine groups is 1. The van der Waals surface area contributed by atoms with Crippen LogP contribution in [0.15, 0.2) is 48.5 Å². The van der Waals surface area contributed by atoms with Crippen molar-refractivity contribution in [2.24, 2.45) is 5.92 Å². The summed E-state index contributed by atoms with van der Waals surface area (Å²) in [6.45, 7) is 0.943. The van der Waals surface area contributed by atoms with Gasteiger partial charge in [0.2, 0.25) is 5.95 Å². The molecule has 0 radical (unpaired) electrons. The quantitative estimate of drug-likeness (QED) is 0.445. The highest BCUT2D eigenvalue weighted by molar-refractivity contribution is 5.93. The molecule has 1 amide bonds. The van der Waals surface area contributed by atoms with E-state index in [4.69, 9.17) is 10.2 Å². The molecule has 27 heavy (non-hydrogen) atoms. The molecule has 1 fully saturated rings. The maximum absolute atomic E-state index is 11.5. The van der Waals surface area contributed by atoms with Gasteiger partial charge in [-0.2, -0.15) is 0 Å². The fourth-order valence-electron chi connectivity index (χ4n) is 3.91. The molecule has 1 aliphatic rings. The van der Waals surface area contributed by atoms with Crippen molar-refractivity contribution in [2.45, 2.75) is 38.6 Å². The van der Waals surface area contributed by atoms with E-state index >= 15 is 0 Å². The van der Waals surface area contributed by atoms with Crippen molar-refractivity contribution in [3.8, 4) is 0 Å². The normalized spacial score (nSPS) is 14.6. The molecule has 3 N–H and O–H groups in total. The number of imidazole rings is 1. The van der Waals surface area contributed by atoms with Crippen LogP contribution >= 0.6 is 0 Å². The summed E-state index contributed by atoms with van der Waals surface area (Å²) in [5, 5.41) is 12.1. The minimum absolute atomic E-state index is 0.401. The number of carbonyl (C=O) groups is 1. The summed E-state index contributed by atoms with van der Waals surface area (Å²) in [5.74, 6) is 1.11. The zero-order valence-corrected chi connectivity index (χ0v) is 15.2. The Labute approximate surface area is 158 Å². The smallest absolute Gasteiger partial charge is 0.274 e. The van der Waals surface area contributed by atoms with Crippen LogP contribution in [0.1, 0.15) is 42.5 Å². The molecule has 0 saturated heterocycles. The van der Waals surface area contributed by atoms with E-state index in [1.54, 1.807) is 17.6 Å². The maximum atomic E-state index is 11.5. The van der Waals surface area contributed by atoms with Crippen molar-refractivity contribution >= 4 is 28.6 Å². The van der Waals surface area contributed by atoms with Crippen LogP contribution in [0.25, 0.3) is 11.0 Å². The van der Waals surface area contributed by atoms with Crippen molar-refractivity contribution in [1.82, 2.24) is 15.0 Å². The van der Waals surface area contributed by atoms with Crippen LogP contribution < -0.4 is 10.8 Å². The number of hydrogen-bond donors (Lipinski definition) is 3. The van der Waals surface area contributed by atoms with Gasteiger partial charge in [-0.25, -0.2) is 10.5 Å². The SMILES string of the molecule is O=C(NO)c1ccc(Nc2nc3ccccc3n2CCC2CCCC2)cc1. The molecule has 140 valence electrons. The van der Waals surface area contributed by atoms with Crippen molar-refractivity contribution in [1.29, 1.82) is 0 Å².